The maximum absolute atomic E-state index is 12.4. The number of nitrogens with one attached hydrogen (secondary N) is 1. The second-order valence-corrected chi connectivity index (χ2v) is 7.39. The maximum Gasteiger partial charge on any atom is 0.270 e. The van der Waals surface area contributed by atoms with Crippen LogP contribution in [0.15, 0.2) is 30.3 Å². The smallest absolute Gasteiger partial charge is 0.270 e. The molecule has 29 heavy (non-hydrogen) atoms. The van der Waals surface area contributed by atoms with E-state index < -0.39 is 0 Å². The third-order valence-corrected chi connectivity index (χ3v) is 4.94. The van der Waals surface area contributed by atoms with Crippen LogP contribution in [0.5, 0.6) is 5.75 Å². The summed E-state index contributed by atoms with van der Waals surface area (Å²) >= 11 is 0. The number of anilines is 2. The van der Waals surface area contributed by atoms with E-state index >= 15 is 0 Å². The van der Waals surface area contributed by atoms with E-state index in [2.05, 4.69) is 37.2 Å². The van der Waals surface area contributed by atoms with Crippen LogP contribution in [0.2, 0.25) is 0 Å². The molecule has 1 amide bonds. The number of rotatable bonds is 7. The number of aryl methyl sites for hydroxylation is 1. The van der Waals surface area contributed by atoms with Gasteiger partial charge in [-0.1, -0.05) is 0 Å². The van der Waals surface area contributed by atoms with Crippen LogP contribution < -0.4 is 19.9 Å². The highest BCUT2D eigenvalue weighted by Gasteiger charge is 2.20. The summed E-state index contributed by atoms with van der Waals surface area (Å²) in [6.07, 6.45) is 0. The molecule has 8 heteroatoms. The molecule has 0 unspecified atom stereocenters. The Kier molecular flexibility index (Phi) is 6.87. The summed E-state index contributed by atoms with van der Waals surface area (Å²) in [5.74, 6) is 2.12. The van der Waals surface area contributed by atoms with E-state index in [9.17, 15) is 4.79 Å². The topological polar surface area (TPSA) is 73.8 Å². The molecule has 1 saturated heterocycles. The number of nitrogens with zero attached hydrogens (tertiary/aromatic N) is 5. The van der Waals surface area contributed by atoms with Crippen LogP contribution in [0.3, 0.4) is 0 Å². The fourth-order valence-corrected chi connectivity index (χ4v) is 3.30. The molecule has 0 spiro atoms. The zero-order valence-corrected chi connectivity index (χ0v) is 17.7. The Morgan fingerprint density at radius 2 is 1.76 bits per heavy atom. The predicted molar refractivity (Wildman–Crippen MR) is 115 cm³/mol. The van der Waals surface area contributed by atoms with Crippen molar-refractivity contribution in [2.75, 3.05) is 70.3 Å². The van der Waals surface area contributed by atoms with Gasteiger partial charge >= 0.3 is 0 Å². The van der Waals surface area contributed by atoms with Gasteiger partial charge < -0.3 is 24.8 Å². The molecule has 156 valence electrons. The molecule has 1 aliphatic rings. The standard InChI is InChI=1S/C21H30N6O2/c1-16-23-19(21(28)22-9-10-25(2)3)15-20(24-16)27-13-11-26(12-14-27)17-5-7-18(29-4)8-6-17/h5-8,15H,9-14H2,1-4H3,(H,22,28). The summed E-state index contributed by atoms with van der Waals surface area (Å²) in [5, 5.41) is 2.92. The van der Waals surface area contributed by atoms with Crippen molar-refractivity contribution in [3.8, 4) is 5.75 Å². The first-order valence-electron chi connectivity index (χ1n) is 9.89. The number of hydrogen-bond acceptors (Lipinski definition) is 7. The minimum absolute atomic E-state index is 0.157. The number of ether oxygens (including phenoxy) is 1. The number of methoxy groups -OCH3 is 1. The monoisotopic (exact) mass is 398 g/mol. The van der Waals surface area contributed by atoms with Gasteiger partial charge in [-0.15, -0.1) is 0 Å². The van der Waals surface area contributed by atoms with Crippen molar-refractivity contribution in [2.24, 2.45) is 0 Å². The highest BCUT2D eigenvalue weighted by atomic mass is 16.5. The molecule has 1 fully saturated rings. The molecule has 8 nitrogen and oxygen atoms in total. The highest BCUT2D eigenvalue weighted by molar-refractivity contribution is 5.93. The zero-order chi connectivity index (χ0) is 20.8. The van der Waals surface area contributed by atoms with Crippen LogP contribution in [0.1, 0.15) is 16.3 Å². The summed E-state index contributed by atoms with van der Waals surface area (Å²) in [6, 6.07) is 9.92. The van der Waals surface area contributed by atoms with Crippen molar-refractivity contribution in [3.63, 3.8) is 0 Å². The Balaban J connectivity index is 1.62. The summed E-state index contributed by atoms with van der Waals surface area (Å²) in [7, 11) is 5.63. The summed E-state index contributed by atoms with van der Waals surface area (Å²) in [5.41, 5.74) is 1.61. The first-order valence-corrected chi connectivity index (χ1v) is 9.89. The predicted octanol–water partition coefficient (Wildman–Crippen LogP) is 1.41. The van der Waals surface area contributed by atoms with E-state index in [1.54, 1.807) is 13.2 Å². The summed E-state index contributed by atoms with van der Waals surface area (Å²) < 4.78 is 5.23. The summed E-state index contributed by atoms with van der Waals surface area (Å²) in [4.78, 5) is 27.9. The van der Waals surface area contributed by atoms with Gasteiger partial charge in [0.05, 0.1) is 7.11 Å². The quantitative estimate of drug-likeness (QED) is 0.756. The number of benzene rings is 1. The number of carbonyl (C=O) groups is 1. The number of likely N-dealkylation sites (N-methyl/N-ethyl adjacent to an activating group) is 1. The van der Waals surface area contributed by atoms with Crippen molar-refractivity contribution in [2.45, 2.75) is 6.92 Å². The number of piperazine rings is 1. The van der Waals surface area contributed by atoms with E-state index in [4.69, 9.17) is 4.74 Å². The fraction of sp³-hybridized carbons (Fsp3) is 0.476. The van der Waals surface area contributed by atoms with Crippen molar-refractivity contribution in [3.05, 3.63) is 41.9 Å². The van der Waals surface area contributed by atoms with Crippen LogP contribution in [-0.4, -0.2) is 81.2 Å². The summed E-state index contributed by atoms with van der Waals surface area (Å²) in [6.45, 7) is 6.66. The van der Waals surface area contributed by atoms with Gasteiger partial charge in [-0.05, 0) is 45.3 Å². The van der Waals surface area contributed by atoms with Crippen LogP contribution in [0.4, 0.5) is 11.5 Å². The molecule has 0 bridgehead atoms. The number of hydrogen-bond donors (Lipinski definition) is 1. The van der Waals surface area contributed by atoms with Crippen molar-refractivity contribution in [1.29, 1.82) is 0 Å². The molecular formula is C21H30N6O2. The van der Waals surface area contributed by atoms with Crippen molar-refractivity contribution >= 4 is 17.4 Å². The molecule has 3 rings (SSSR count). The van der Waals surface area contributed by atoms with Gasteiger partial charge in [-0.2, -0.15) is 0 Å². The van der Waals surface area contributed by atoms with Crippen molar-refractivity contribution in [1.82, 2.24) is 20.2 Å². The van der Waals surface area contributed by atoms with Gasteiger partial charge in [-0.3, -0.25) is 4.79 Å². The molecule has 2 heterocycles. The molecule has 1 N–H and O–H groups in total. The Hall–Kier alpha value is -2.87. The Morgan fingerprint density at radius 3 is 2.38 bits per heavy atom. The van der Waals surface area contributed by atoms with E-state index in [-0.39, 0.29) is 5.91 Å². The largest absolute Gasteiger partial charge is 0.497 e. The van der Waals surface area contributed by atoms with E-state index in [0.717, 1.165) is 44.3 Å². The molecule has 1 aromatic heterocycles. The minimum atomic E-state index is -0.157. The molecule has 1 aromatic carbocycles. The van der Waals surface area contributed by atoms with Crippen LogP contribution >= 0.6 is 0 Å². The Bertz CT molecular complexity index is 816. The molecule has 1 aliphatic heterocycles. The lowest BCUT2D eigenvalue weighted by atomic mass is 10.2. The Morgan fingerprint density at radius 1 is 1.10 bits per heavy atom. The molecular weight excluding hydrogens is 368 g/mol. The molecule has 2 aromatic rings. The van der Waals surface area contributed by atoms with Gasteiger partial charge in [0.15, 0.2) is 0 Å². The lowest BCUT2D eigenvalue weighted by Crippen LogP contribution is -2.47. The lowest BCUT2D eigenvalue weighted by Gasteiger charge is -2.36. The third-order valence-electron chi connectivity index (χ3n) is 4.94. The third kappa shape index (κ3) is 5.57. The van der Waals surface area contributed by atoms with Gasteiger partial charge in [0.2, 0.25) is 0 Å². The first-order chi connectivity index (χ1) is 14.0. The van der Waals surface area contributed by atoms with Gasteiger partial charge in [0, 0.05) is 51.0 Å². The van der Waals surface area contributed by atoms with Crippen LogP contribution in [0.25, 0.3) is 0 Å². The van der Waals surface area contributed by atoms with Crippen LogP contribution in [0, 0.1) is 6.92 Å². The fourth-order valence-electron chi connectivity index (χ4n) is 3.30. The number of aromatic nitrogens is 2. The second-order valence-electron chi connectivity index (χ2n) is 7.39. The van der Waals surface area contributed by atoms with Crippen molar-refractivity contribution < 1.29 is 9.53 Å². The normalized spacial score (nSPS) is 14.2. The molecule has 0 saturated carbocycles. The van der Waals surface area contributed by atoms with Gasteiger partial charge in [0.1, 0.15) is 23.1 Å². The average molecular weight is 399 g/mol. The molecule has 0 radical (unpaired) electrons. The molecule has 0 aliphatic carbocycles. The molecule has 0 atom stereocenters. The SMILES string of the molecule is COc1ccc(N2CCN(c3cc(C(=O)NCCN(C)C)nc(C)n3)CC2)cc1. The minimum Gasteiger partial charge on any atom is -0.497 e. The number of amides is 1. The van der Waals surface area contributed by atoms with E-state index in [1.807, 2.05) is 38.1 Å². The van der Waals surface area contributed by atoms with Crippen LogP contribution in [-0.2, 0) is 0 Å². The highest BCUT2D eigenvalue weighted by Crippen LogP contribution is 2.22. The van der Waals surface area contributed by atoms with Gasteiger partial charge in [-0.25, -0.2) is 9.97 Å². The average Bonchev–Trinajstić information content (AvgIpc) is 2.73. The first kappa shape index (κ1) is 20.9. The van der Waals surface area contributed by atoms with E-state index in [0.29, 0.717) is 18.1 Å². The lowest BCUT2D eigenvalue weighted by molar-refractivity contribution is 0.0945. The second kappa shape index (κ2) is 9.56. The van der Waals surface area contributed by atoms with Gasteiger partial charge in [0.25, 0.3) is 5.91 Å². The zero-order valence-electron chi connectivity index (χ0n) is 17.7. The Labute approximate surface area is 172 Å². The maximum atomic E-state index is 12.4. The van der Waals surface area contributed by atoms with E-state index in [1.165, 1.54) is 5.69 Å². The number of carbonyl (C=O) groups excluding carboxylic acids is 1.